The number of aromatic nitrogens is 3. The molecule has 0 aliphatic rings. The summed E-state index contributed by atoms with van der Waals surface area (Å²) in [7, 11) is 0. The highest BCUT2D eigenvalue weighted by atomic mass is 79.9. The van der Waals surface area contributed by atoms with Gasteiger partial charge in [0.05, 0.1) is 6.54 Å². The van der Waals surface area contributed by atoms with Crippen molar-refractivity contribution in [3.8, 4) is 0 Å². The first kappa shape index (κ1) is 13.0. The molecule has 7 heteroatoms. The number of rotatable bonds is 3. The van der Waals surface area contributed by atoms with Crippen molar-refractivity contribution >= 4 is 27.5 Å². The fourth-order valence-corrected chi connectivity index (χ4v) is 1.86. The summed E-state index contributed by atoms with van der Waals surface area (Å²) in [5.41, 5.74) is -0.00433. The second kappa shape index (κ2) is 5.49. The van der Waals surface area contributed by atoms with Crippen LogP contribution in [-0.4, -0.2) is 14.8 Å². The molecule has 0 bridgehead atoms. The first-order valence-electron chi connectivity index (χ1n) is 5.17. The number of aromatic amines is 1. The predicted octanol–water partition coefficient (Wildman–Crippen LogP) is 1.59. The molecule has 94 valence electrons. The quantitative estimate of drug-likeness (QED) is 0.929. The van der Waals surface area contributed by atoms with E-state index in [1.807, 2.05) is 12.1 Å². The lowest BCUT2D eigenvalue weighted by molar-refractivity contribution is 0.548. The topological polar surface area (TPSA) is 67.8 Å². The van der Waals surface area contributed by atoms with Gasteiger partial charge in [-0.15, -0.1) is 0 Å². The van der Waals surface area contributed by atoms with Crippen LogP contribution >= 0.6 is 27.5 Å². The number of aryl methyl sites for hydroxylation is 2. The Labute approximate surface area is 116 Å². The van der Waals surface area contributed by atoms with Crippen molar-refractivity contribution in [3.63, 3.8) is 0 Å². The average molecular weight is 331 g/mol. The minimum absolute atomic E-state index is 0.0956. The molecule has 1 N–H and O–H groups in total. The predicted molar refractivity (Wildman–Crippen MR) is 72.0 cm³/mol. The lowest BCUT2D eigenvalue weighted by Gasteiger charge is -2.04. The highest BCUT2D eigenvalue weighted by Crippen LogP contribution is 2.10. The third-order valence-electron chi connectivity index (χ3n) is 2.38. The number of benzene rings is 1. The van der Waals surface area contributed by atoms with Gasteiger partial charge in [-0.1, -0.05) is 23.7 Å². The minimum atomic E-state index is -0.525. The Morgan fingerprint density at radius 1 is 1.28 bits per heavy atom. The van der Waals surface area contributed by atoms with Crippen LogP contribution < -0.4 is 11.2 Å². The van der Waals surface area contributed by atoms with Crippen LogP contribution in [0.25, 0.3) is 0 Å². The van der Waals surface area contributed by atoms with Crippen molar-refractivity contribution in [1.29, 1.82) is 0 Å². The van der Waals surface area contributed by atoms with Crippen LogP contribution in [0, 0.1) is 0 Å². The Morgan fingerprint density at radius 2 is 1.94 bits per heavy atom. The molecule has 0 radical (unpaired) electrons. The monoisotopic (exact) mass is 329 g/mol. The van der Waals surface area contributed by atoms with E-state index >= 15 is 0 Å². The van der Waals surface area contributed by atoms with Crippen molar-refractivity contribution in [3.05, 3.63) is 60.3 Å². The van der Waals surface area contributed by atoms with Gasteiger partial charge in [-0.25, -0.2) is 9.48 Å². The average Bonchev–Trinajstić information content (AvgIpc) is 2.34. The third kappa shape index (κ3) is 3.08. The smallest absolute Gasteiger partial charge is 0.270 e. The largest absolute Gasteiger partial charge is 0.344 e. The van der Waals surface area contributed by atoms with Gasteiger partial charge in [0.25, 0.3) is 5.56 Å². The lowest BCUT2D eigenvalue weighted by atomic mass is 10.1. The summed E-state index contributed by atoms with van der Waals surface area (Å²) in [6, 6.07) is 7.34. The second-order valence-electron chi connectivity index (χ2n) is 3.65. The summed E-state index contributed by atoms with van der Waals surface area (Å²) >= 11 is 8.76. The SMILES string of the molecule is O=c1[nH]c(=O)n(CCc2ccc(Cl)cc2)nc1Br. The number of H-pyrrole nitrogens is 1. The molecule has 1 heterocycles. The number of nitrogens with zero attached hydrogens (tertiary/aromatic N) is 2. The first-order chi connectivity index (χ1) is 8.56. The van der Waals surface area contributed by atoms with E-state index in [1.54, 1.807) is 12.1 Å². The number of hydrogen-bond donors (Lipinski definition) is 1. The van der Waals surface area contributed by atoms with E-state index in [0.29, 0.717) is 18.0 Å². The third-order valence-corrected chi connectivity index (χ3v) is 3.15. The number of hydrogen-bond acceptors (Lipinski definition) is 3. The zero-order valence-corrected chi connectivity index (χ0v) is 11.5. The maximum Gasteiger partial charge on any atom is 0.344 e. The summed E-state index contributed by atoms with van der Waals surface area (Å²) in [4.78, 5) is 24.8. The van der Waals surface area contributed by atoms with Crippen LogP contribution in [0.15, 0.2) is 38.5 Å². The van der Waals surface area contributed by atoms with E-state index in [1.165, 1.54) is 4.68 Å². The summed E-state index contributed by atoms with van der Waals surface area (Å²) in [6.07, 6.45) is 0.628. The van der Waals surface area contributed by atoms with Crippen LogP contribution in [-0.2, 0) is 13.0 Å². The van der Waals surface area contributed by atoms with Gasteiger partial charge in [-0.05, 0) is 40.0 Å². The van der Waals surface area contributed by atoms with E-state index in [0.717, 1.165) is 5.56 Å². The van der Waals surface area contributed by atoms with Gasteiger partial charge in [0.2, 0.25) is 0 Å². The second-order valence-corrected chi connectivity index (χ2v) is 4.84. The zero-order chi connectivity index (χ0) is 13.1. The number of halogens is 2. The van der Waals surface area contributed by atoms with Crippen LogP contribution in [0.4, 0.5) is 0 Å². The van der Waals surface area contributed by atoms with Gasteiger partial charge in [0.15, 0.2) is 4.60 Å². The van der Waals surface area contributed by atoms with Crippen molar-refractivity contribution in [2.75, 3.05) is 0 Å². The van der Waals surface area contributed by atoms with Crippen molar-refractivity contribution in [2.24, 2.45) is 0 Å². The van der Waals surface area contributed by atoms with E-state index in [4.69, 9.17) is 11.6 Å². The van der Waals surface area contributed by atoms with Gasteiger partial charge in [-0.2, -0.15) is 5.10 Å². The molecular weight excluding hydrogens is 321 g/mol. The van der Waals surface area contributed by atoms with Gasteiger partial charge in [-0.3, -0.25) is 9.78 Å². The molecule has 0 unspecified atom stereocenters. The molecule has 1 aromatic heterocycles. The molecular formula is C11H9BrClN3O2. The lowest BCUT2D eigenvalue weighted by Crippen LogP contribution is -2.33. The summed E-state index contributed by atoms with van der Waals surface area (Å²) in [6.45, 7) is 0.385. The fourth-order valence-electron chi connectivity index (χ4n) is 1.45. The van der Waals surface area contributed by atoms with E-state index in [9.17, 15) is 9.59 Å². The Bertz CT molecular complexity index is 663. The molecule has 0 atom stereocenters. The molecule has 0 aliphatic heterocycles. The Balaban J connectivity index is 2.15. The van der Waals surface area contributed by atoms with Crippen LogP contribution in [0.2, 0.25) is 5.02 Å². The normalized spacial score (nSPS) is 10.6. The standard InChI is InChI=1S/C11H9BrClN3O2/c12-9-10(17)14-11(18)16(15-9)6-5-7-1-3-8(13)4-2-7/h1-4H,5-6H2,(H,14,17,18). The van der Waals surface area contributed by atoms with Gasteiger partial charge >= 0.3 is 5.69 Å². The Hall–Kier alpha value is -1.40. The maximum absolute atomic E-state index is 11.5. The zero-order valence-electron chi connectivity index (χ0n) is 9.19. The van der Waals surface area contributed by atoms with Crippen LogP contribution in [0.5, 0.6) is 0 Å². The minimum Gasteiger partial charge on any atom is -0.270 e. The Morgan fingerprint density at radius 3 is 2.61 bits per heavy atom. The van der Waals surface area contributed by atoms with Gasteiger partial charge in [0, 0.05) is 5.02 Å². The summed E-state index contributed by atoms with van der Waals surface area (Å²) in [5, 5.41) is 4.52. The van der Waals surface area contributed by atoms with Gasteiger partial charge < -0.3 is 0 Å². The molecule has 0 spiro atoms. The molecule has 0 saturated heterocycles. The molecule has 2 aromatic rings. The fraction of sp³-hybridized carbons (Fsp3) is 0.182. The molecule has 0 amide bonds. The van der Waals surface area contributed by atoms with Gasteiger partial charge in [0.1, 0.15) is 0 Å². The highest BCUT2D eigenvalue weighted by molar-refractivity contribution is 9.10. The molecule has 0 saturated carbocycles. The molecule has 0 fully saturated rings. The molecule has 0 aliphatic carbocycles. The summed E-state index contributed by atoms with van der Waals surface area (Å²) < 4.78 is 1.30. The van der Waals surface area contributed by atoms with Crippen molar-refractivity contribution < 1.29 is 0 Å². The number of nitrogens with one attached hydrogen (secondary N) is 1. The van der Waals surface area contributed by atoms with E-state index in [2.05, 4.69) is 26.0 Å². The first-order valence-corrected chi connectivity index (χ1v) is 6.35. The van der Waals surface area contributed by atoms with Crippen molar-refractivity contribution in [1.82, 2.24) is 14.8 Å². The maximum atomic E-state index is 11.5. The molecule has 1 aromatic carbocycles. The molecule has 5 nitrogen and oxygen atoms in total. The van der Waals surface area contributed by atoms with E-state index in [-0.39, 0.29) is 4.60 Å². The molecule has 18 heavy (non-hydrogen) atoms. The van der Waals surface area contributed by atoms with Crippen LogP contribution in [0.3, 0.4) is 0 Å². The van der Waals surface area contributed by atoms with E-state index < -0.39 is 11.2 Å². The van der Waals surface area contributed by atoms with Crippen molar-refractivity contribution in [2.45, 2.75) is 13.0 Å². The summed E-state index contributed by atoms with van der Waals surface area (Å²) in [5.74, 6) is 0. The molecule has 2 rings (SSSR count). The van der Waals surface area contributed by atoms with Crippen LogP contribution in [0.1, 0.15) is 5.56 Å². The Kier molecular flexibility index (Phi) is 3.98. The highest BCUT2D eigenvalue weighted by Gasteiger charge is 2.03.